The van der Waals surface area contributed by atoms with Crippen molar-refractivity contribution in [2.75, 3.05) is 0 Å². The van der Waals surface area contributed by atoms with Gasteiger partial charge in [-0.3, -0.25) is 0 Å². The third-order valence-electron chi connectivity index (χ3n) is 0. The molecule has 0 aromatic rings. The molecule has 0 aromatic heterocycles. The van der Waals surface area contributed by atoms with Gasteiger partial charge in [0.15, 0.2) is 0 Å². The molecule has 0 saturated heterocycles. The van der Waals surface area contributed by atoms with E-state index in [1.807, 2.05) is 0 Å². The van der Waals surface area contributed by atoms with Gasteiger partial charge in [0.25, 0.3) is 0 Å². The first-order valence-electron chi connectivity index (χ1n) is 0. The second-order valence-corrected chi connectivity index (χ2v) is 0. The molecule has 0 aliphatic carbocycles. The quantitative estimate of drug-likeness (QED) is 0.380. The minimum Gasteiger partial charge on any atom is 0 e. The summed E-state index contributed by atoms with van der Waals surface area (Å²) in [5, 5.41) is 0. The summed E-state index contributed by atoms with van der Waals surface area (Å²) in [5.74, 6) is 0. The van der Waals surface area contributed by atoms with E-state index in [9.17, 15) is 0 Å². The number of rotatable bonds is 0. The molecule has 0 aromatic carbocycles. The fourth-order valence-corrected chi connectivity index (χ4v) is 0. The first kappa shape index (κ1) is 26.5. The van der Waals surface area contributed by atoms with Gasteiger partial charge in [0.2, 0.25) is 0 Å². The molecule has 0 amide bonds. The molecule has 0 unspecified atom stereocenters. The Morgan fingerprint density at radius 3 is 0.750 bits per heavy atom. The van der Waals surface area contributed by atoms with Gasteiger partial charge in [-0.05, 0) is 0 Å². The maximum Gasteiger partial charge on any atom is 0 e. The van der Waals surface area contributed by atoms with Crippen LogP contribution in [-0.2, 0) is 21.7 Å². The van der Waals surface area contributed by atoms with Crippen molar-refractivity contribution in [3.8, 4) is 0 Å². The standard InChI is InChI=1S/Mg.2Pb.Ti. The van der Waals surface area contributed by atoms with E-state index >= 15 is 0 Å². The van der Waals surface area contributed by atoms with Gasteiger partial charge in [0, 0.05) is 99.4 Å². The molecule has 0 nitrogen and oxygen atoms in total. The van der Waals surface area contributed by atoms with Crippen LogP contribution in [0.25, 0.3) is 0 Å². The number of hydrogen-bond acceptors (Lipinski definition) is 0. The Kier molecular flexibility index (Phi) is 108. The van der Waals surface area contributed by atoms with E-state index in [-0.39, 0.29) is 99.4 Å². The van der Waals surface area contributed by atoms with Crippen molar-refractivity contribution < 1.29 is 21.7 Å². The molecule has 0 fully saturated rings. The van der Waals surface area contributed by atoms with E-state index in [0.29, 0.717) is 0 Å². The second kappa shape index (κ2) is 16.2. The summed E-state index contributed by atoms with van der Waals surface area (Å²) in [7, 11) is 0. The van der Waals surface area contributed by atoms with Crippen LogP contribution in [0, 0.1) is 0 Å². The van der Waals surface area contributed by atoms with Crippen molar-refractivity contribution in [3.05, 3.63) is 0 Å². The van der Waals surface area contributed by atoms with Crippen molar-refractivity contribution in [2.24, 2.45) is 0 Å². The Balaban J connectivity index is 0. The molecule has 0 aliphatic rings. The minimum absolute atomic E-state index is 0. The molecular formula is MgPb2Ti. The summed E-state index contributed by atoms with van der Waals surface area (Å²) in [5.41, 5.74) is 0. The predicted octanol–water partition coefficient (Wildman–Crippen LogP) is -1.14. The maximum atomic E-state index is 0. The summed E-state index contributed by atoms with van der Waals surface area (Å²) in [6, 6.07) is 0. The van der Waals surface area contributed by atoms with Crippen molar-refractivity contribution in [1.82, 2.24) is 0 Å². The average Bonchev–Trinajstić information content (AvgIpc) is 0. The molecule has 0 spiro atoms. The molecule has 4 heavy (non-hydrogen) atoms. The van der Waals surface area contributed by atoms with Crippen LogP contribution in [-0.4, -0.2) is 77.7 Å². The van der Waals surface area contributed by atoms with E-state index in [0.717, 1.165) is 0 Å². The first-order valence-corrected chi connectivity index (χ1v) is 0. The summed E-state index contributed by atoms with van der Waals surface area (Å²) in [4.78, 5) is 0. The molecule has 0 aliphatic heterocycles. The predicted molar refractivity (Wildman–Crippen MR) is 17.3 cm³/mol. The first-order chi connectivity index (χ1) is 0. The molecule has 0 bridgehead atoms. The van der Waals surface area contributed by atoms with Crippen molar-refractivity contribution in [1.29, 1.82) is 0 Å². The Bertz CT molecular complexity index is 6.00. The number of hydrogen-bond donors (Lipinski definition) is 0. The van der Waals surface area contributed by atoms with Crippen LogP contribution in [0.5, 0.6) is 0 Å². The third kappa shape index (κ3) is 9.01. The van der Waals surface area contributed by atoms with Gasteiger partial charge >= 0.3 is 0 Å². The topological polar surface area (TPSA) is 0 Å². The summed E-state index contributed by atoms with van der Waals surface area (Å²) in [6.45, 7) is 0. The zero-order chi connectivity index (χ0) is 0. The molecule has 0 saturated carbocycles. The van der Waals surface area contributed by atoms with Crippen molar-refractivity contribution in [2.45, 2.75) is 0 Å². The zero-order valence-electron chi connectivity index (χ0n) is 2.21. The van der Waals surface area contributed by atoms with E-state index in [4.69, 9.17) is 0 Å². The van der Waals surface area contributed by atoms with Crippen LogP contribution in [0.4, 0.5) is 0 Å². The Hall–Kier alpha value is 3.32. The van der Waals surface area contributed by atoms with Gasteiger partial charge in [-0.25, -0.2) is 0 Å². The van der Waals surface area contributed by atoms with Crippen LogP contribution >= 0.6 is 0 Å². The summed E-state index contributed by atoms with van der Waals surface area (Å²) < 4.78 is 0. The van der Waals surface area contributed by atoms with Crippen LogP contribution in [0.1, 0.15) is 0 Å². The van der Waals surface area contributed by atoms with E-state index in [1.54, 1.807) is 0 Å². The molecule has 0 heterocycles. The van der Waals surface area contributed by atoms with Gasteiger partial charge in [0.05, 0.1) is 0 Å². The molecule has 0 rings (SSSR count). The van der Waals surface area contributed by atoms with Crippen LogP contribution < -0.4 is 0 Å². The normalized spacial score (nSPS) is 0. The van der Waals surface area contributed by atoms with E-state index in [1.165, 1.54) is 0 Å². The summed E-state index contributed by atoms with van der Waals surface area (Å²) >= 11 is 0. The van der Waals surface area contributed by atoms with Crippen molar-refractivity contribution >= 4 is 77.7 Å². The Morgan fingerprint density at radius 1 is 0.750 bits per heavy atom. The average molecular weight is 487 g/mol. The maximum absolute atomic E-state index is 0. The molecule has 4 heteroatoms. The molecular weight excluding hydrogens is 487 g/mol. The smallest absolute Gasteiger partial charge is 0 e. The van der Waals surface area contributed by atoms with Gasteiger partial charge in [-0.2, -0.15) is 0 Å². The largest absolute Gasteiger partial charge is 0 e. The van der Waals surface area contributed by atoms with Crippen molar-refractivity contribution in [3.63, 3.8) is 0 Å². The van der Waals surface area contributed by atoms with Gasteiger partial charge in [-0.1, -0.05) is 0 Å². The zero-order valence-corrected chi connectivity index (χ0v) is 13.0. The Morgan fingerprint density at radius 2 is 0.750 bits per heavy atom. The van der Waals surface area contributed by atoms with Crippen LogP contribution in [0.3, 0.4) is 0 Å². The molecule has 0 atom stereocenters. The fourth-order valence-electron chi connectivity index (χ4n) is 0. The SMILES string of the molecule is [Mg].[Pb].[Pb].[Ti]. The van der Waals surface area contributed by atoms with Gasteiger partial charge in [0.1, 0.15) is 0 Å². The monoisotopic (exact) mass is 488 g/mol. The Labute approximate surface area is 97.2 Å². The van der Waals surface area contributed by atoms with Gasteiger partial charge in [-0.15, -0.1) is 0 Å². The third-order valence-corrected chi connectivity index (χ3v) is 0. The fraction of sp³-hybridized carbons (Fsp3) is 0. The second-order valence-electron chi connectivity index (χ2n) is 0. The summed E-state index contributed by atoms with van der Waals surface area (Å²) in [6.07, 6.45) is 0. The van der Waals surface area contributed by atoms with E-state index < -0.39 is 0 Å². The minimum atomic E-state index is 0. The molecule has 10 radical (unpaired) electrons. The van der Waals surface area contributed by atoms with Gasteiger partial charge < -0.3 is 0 Å². The van der Waals surface area contributed by atoms with E-state index in [2.05, 4.69) is 0 Å². The van der Waals surface area contributed by atoms with Crippen LogP contribution in [0.15, 0.2) is 0 Å². The van der Waals surface area contributed by atoms with Crippen LogP contribution in [0.2, 0.25) is 0 Å². The molecule has 14 valence electrons. The molecule has 0 N–H and O–H groups in total.